The monoisotopic (exact) mass is 268 g/mol. The van der Waals surface area contributed by atoms with Crippen molar-refractivity contribution in [1.82, 2.24) is 10.6 Å². The van der Waals surface area contributed by atoms with E-state index < -0.39 is 5.54 Å². The van der Waals surface area contributed by atoms with Gasteiger partial charge in [-0.15, -0.1) is 0 Å². The predicted octanol–water partition coefficient (Wildman–Crippen LogP) is 1.77. The largest absolute Gasteiger partial charge is 0.346 e. The van der Waals surface area contributed by atoms with Crippen LogP contribution in [-0.4, -0.2) is 18.4 Å². The first-order chi connectivity index (χ1) is 9.78. The first-order valence-electron chi connectivity index (χ1n) is 6.33. The highest BCUT2D eigenvalue weighted by Crippen LogP contribution is 2.22. The van der Waals surface area contributed by atoms with E-state index in [1.54, 1.807) is 0 Å². The van der Waals surface area contributed by atoms with Gasteiger partial charge in [0.1, 0.15) is 0 Å². The summed E-state index contributed by atoms with van der Waals surface area (Å²) in [5.41, 5.74) is 1.10. The molecule has 0 aromatic heterocycles. The standard InChI is InChI=1S/C16H16N2O2/c19-12-17-15-7-4-9-16(11-15,18-13-20)10-8-14-5-2-1-3-6-14/h1-8,10-13H,9H2,(H,17,19)(H,18,20). The van der Waals surface area contributed by atoms with Crippen molar-refractivity contribution in [2.24, 2.45) is 0 Å². The third kappa shape index (κ3) is 3.45. The summed E-state index contributed by atoms with van der Waals surface area (Å²) in [5, 5.41) is 5.41. The predicted molar refractivity (Wildman–Crippen MR) is 78.4 cm³/mol. The van der Waals surface area contributed by atoms with E-state index in [1.807, 2.05) is 60.7 Å². The first-order valence-corrected chi connectivity index (χ1v) is 6.33. The van der Waals surface area contributed by atoms with Crippen LogP contribution in [0.5, 0.6) is 0 Å². The second-order valence-corrected chi connectivity index (χ2v) is 4.51. The summed E-state index contributed by atoms with van der Waals surface area (Å²) >= 11 is 0. The molecule has 0 saturated heterocycles. The molecule has 1 aliphatic rings. The van der Waals surface area contributed by atoms with Crippen LogP contribution in [0.3, 0.4) is 0 Å². The second-order valence-electron chi connectivity index (χ2n) is 4.51. The number of nitrogens with one attached hydrogen (secondary N) is 2. The van der Waals surface area contributed by atoms with E-state index in [1.165, 1.54) is 0 Å². The summed E-state index contributed by atoms with van der Waals surface area (Å²) < 4.78 is 0. The molecule has 20 heavy (non-hydrogen) atoms. The Morgan fingerprint density at radius 2 is 1.90 bits per heavy atom. The van der Waals surface area contributed by atoms with Crippen molar-refractivity contribution >= 4 is 18.9 Å². The van der Waals surface area contributed by atoms with Crippen molar-refractivity contribution in [3.8, 4) is 0 Å². The van der Waals surface area contributed by atoms with E-state index in [0.29, 0.717) is 24.9 Å². The van der Waals surface area contributed by atoms with Crippen LogP contribution in [0.1, 0.15) is 12.0 Å². The van der Waals surface area contributed by atoms with Gasteiger partial charge in [-0.05, 0) is 24.1 Å². The fourth-order valence-electron chi connectivity index (χ4n) is 2.11. The van der Waals surface area contributed by atoms with Gasteiger partial charge >= 0.3 is 0 Å². The molecule has 0 saturated carbocycles. The van der Waals surface area contributed by atoms with Crippen LogP contribution in [-0.2, 0) is 9.59 Å². The van der Waals surface area contributed by atoms with E-state index in [9.17, 15) is 9.59 Å². The van der Waals surface area contributed by atoms with Gasteiger partial charge in [0.05, 0.1) is 5.54 Å². The van der Waals surface area contributed by atoms with Gasteiger partial charge in [-0.1, -0.05) is 48.6 Å². The third-order valence-corrected chi connectivity index (χ3v) is 3.09. The lowest BCUT2D eigenvalue weighted by atomic mass is 9.89. The summed E-state index contributed by atoms with van der Waals surface area (Å²) in [5.74, 6) is 0. The van der Waals surface area contributed by atoms with Gasteiger partial charge in [-0.25, -0.2) is 0 Å². The van der Waals surface area contributed by atoms with E-state index in [4.69, 9.17) is 0 Å². The highest BCUT2D eigenvalue weighted by atomic mass is 16.1. The van der Waals surface area contributed by atoms with Gasteiger partial charge in [0.15, 0.2) is 0 Å². The molecule has 4 nitrogen and oxygen atoms in total. The smallest absolute Gasteiger partial charge is 0.211 e. The fraction of sp³-hybridized carbons (Fsp3) is 0.125. The highest BCUT2D eigenvalue weighted by Gasteiger charge is 2.25. The molecule has 0 heterocycles. The Morgan fingerprint density at radius 3 is 2.60 bits per heavy atom. The number of hydrogen-bond donors (Lipinski definition) is 2. The van der Waals surface area contributed by atoms with Gasteiger partial charge in [0, 0.05) is 5.70 Å². The zero-order chi connectivity index (χ0) is 14.3. The molecular weight excluding hydrogens is 252 g/mol. The fourth-order valence-corrected chi connectivity index (χ4v) is 2.11. The third-order valence-electron chi connectivity index (χ3n) is 3.09. The van der Waals surface area contributed by atoms with Crippen molar-refractivity contribution in [1.29, 1.82) is 0 Å². The van der Waals surface area contributed by atoms with Gasteiger partial charge in [0.25, 0.3) is 0 Å². The van der Waals surface area contributed by atoms with Crippen LogP contribution >= 0.6 is 0 Å². The Balaban J connectivity index is 2.26. The van der Waals surface area contributed by atoms with Crippen molar-refractivity contribution in [3.63, 3.8) is 0 Å². The van der Waals surface area contributed by atoms with E-state index in [0.717, 1.165) is 5.56 Å². The number of allylic oxidation sites excluding steroid dienone is 1. The summed E-state index contributed by atoms with van der Waals surface area (Å²) in [7, 11) is 0. The van der Waals surface area contributed by atoms with Crippen LogP contribution in [0.15, 0.2) is 60.3 Å². The summed E-state index contributed by atoms with van der Waals surface area (Å²) in [6.07, 6.45) is 11.4. The molecule has 1 unspecified atom stereocenters. The molecule has 102 valence electrons. The van der Waals surface area contributed by atoms with Crippen molar-refractivity contribution in [2.75, 3.05) is 0 Å². The number of carbonyl (C=O) groups is 2. The topological polar surface area (TPSA) is 58.2 Å². The molecule has 2 amide bonds. The van der Waals surface area contributed by atoms with Crippen molar-refractivity contribution in [2.45, 2.75) is 12.0 Å². The highest BCUT2D eigenvalue weighted by molar-refractivity contribution is 5.59. The summed E-state index contributed by atoms with van der Waals surface area (Å²) in [4.78, 5) is 21.4. The second kappa shape index (κ2) is 6.52. The molecular formula is C16H16N2O2. The van der Waals surface area contributed by atoms with Crippen LogP contribution in [0.2, 0.25) is 0 Å². The number of rotatable bonds is 6. The zero-order valence-electron chi connectivity index (χ0n) is 11.0. The van der Waals surface area contributed by atoms with Crippen molar-refractivity contribution < 1.29 is 9.59 Å². The molecule has 1 aliphatic carbocycles. The Hall–Kier alpha value is -2.62. The Labute approximate surface area is 117 Å². The van der Waals surface area contributed by atoms with E-state index in [2.05, 4.69) is 10.6 Å². The quantitative estimate of drug-likeness (QED) is 0.773. The lowest BCUT2D eigenvalue weighted by Gasteiger charge is -2.29. The van der Waals surface area contributed by atoms with E-state index in [-0.39, 0.29) is 0 Å². The van der Waals surface area contributed by atoms with Crippen LogP contribution < -0.4 is 10.6 Å². The Morgan fingerprint density at radius 1 is 1.10 bits per heavy atom. The summed E-state index contributed by atoms with van der Waals surface area (Å²) in [6.45, 7) is 0. The van der Waals surface area contributed by atoms with E-state index >= 15 is 0 Å². The minimum Gasteiger partial charge on any atom is -0.346 e. The van der Waals surface area contributed by atoms with Gasteiger partial charge in [0.2, 0.25) is 12.8 Å². The maximum Gasteiger partial charge on any atom is 0.211 e. The zero-order valence-corrected chi connectivity index (χ0v) is 11.0. The molecule has 1 aromatic rings. The molecule has 0 aliphatic heterocycles. The molecule has 0 spiro atoms. The maximum atomic E-state index is 10.9. The maximum absolute atomic E-state index is 10.9. The van der Waals surface area contributed by atoms with Gasteiger partial charge < -0.3 is 10.6 Å². The lowest BCUT2D eigenvalue weighted by molar-refractivity contribution is -0.110. The number of hydrogen-bond acceptors (Lipinski definition) is 2. The number of amides is 2. The minimum atomic E-state index is -0.613. The molecule has 2 N–H and O–H groups in total. The molecule has 1 aromatic carbocycles. The van der Waals surface area contributed by atoms with Crippen molar-refractivity contribution in [3.05, 3.63) is 65.9 Å². The minimum absolute atomic E-state index is 0.613. The number of benzene rings is 1. The van der Waals surface area contributed by atoms with Crippen LogP contribution in [0.25, 0.3) is 6.08 Å². The molecule has 0 fully saturated rings. The molecule has 0 bridgehead atoms. The summed E-state index contributed by atoms with van der Waals surface area (Å²) in [6, 6.07) is 9.83. The molecule has 4 heteroatoms. The average Bonchev–Trinajstić information content (AvgIpc) is 2.47. The van der Waals surface area contributed by atoms with Crippen LogP contribution in [0.4, 0.5) is 0 Å². The van der Waals surface area contributed by atoms with Crippen LogP contribution in [0, 0.1) is 0 Å². The van der Waals surface area contributed by atoms with Gasteiger partial charge in [-0.3, -0.25) is 9.59 Å². The molecule has 1 atom stereocenters. The normalized spacial score (nSPS) is 21.3. The molecule has 0 radical (unpaired) electrons. The SMILES string of the molecule is O=CNC1=CC(C=Cc2ccccc2)(NC=O)CC=C1. The lowest BCUT2D eigenvalue weighted by Crippen LogP contribution is -2.42. The average molecular weight is 268 g/mol. The Kier molecular flexibility index (Phi) is 4.50. The molecule has 2 rings (SSSR count). The van der Waals surface area contributed by atoms with Gasteiger partial charge in [-0.2, -0.15) is 0 Å². The first kappa shape index (κ1) is 13.8. The number of carbonyl (C=O) groups excluding carboxylic acids is 2. The Bertz CT molecular complexity index is 557.